The predicted octanol–water partition coefficient (Wildman–Crippen LogP) is 3.38. The lowest BCUT2D eigenvalue weighted by Gasteiger charge is -2.13. The summed E-state index contributed by atoms with van der Waals surface area (Å²) in [6, 6.07) is 14.2. The van der Waals surface area contributed by atoms with Crippen molar-refractivity contribution in [2.75, 3.05) is 25.6 Å². The highest BCUT2D eigenvalue weighted by Crippen LogP contribution is 2.19. The monoisotopic (exact) mass is 386 g/mol. The van der Waals surface area contributed by atoms with Crippen LogP contribution in [0.15, 0.2) is 48.5 Å². The third kappa shape index (κ3) is 5.67. The van der Waals surface area contributed by atoms with Crippen LogP contribution in [0.2, 0.25) is 0 Å². The smallest absolute Gasteiger partial charge is 0.257 e. The van der Waals surface area contributed by atoms with E-state index in [4.69, 9.17) is 26.4 Å². The van der Waals surface area contributed by atoms with Crippen molar-refractivity contribution in [1.29, 1.82) is 0 Å². The number of hydrogen-bond donors (Lipinski definition) is 2. The van der Waals surface area contributed by atoms with Gasteiger partial charge in [0.1, 0.15) is 18.1 Å². The highest BCUT2D eigenvalue weighted by molar-refractivity contribution is 7.80. The summed E-state index contributed by atoms with van der Waals surface area (Å²) in [5.41, 5.74) is 1.23. The van der Waals surface area contributed by atoms with Gasteiger partial charge >= 0.3 is 0 Å². The van der Waals surface area contributed by atoms with Gasteiger partial charge in [-0.3, -0.25) is 10.1 Å². The van der Waals surface area contributed by atoms with Crippen molar-refractivity contribution in [3.63, 3.8) is 0 Å². The molecule has 0 radical (unpaired) electrons. The molecule has 0 saturated carbocycles. The number of thiocarbonyl (C=S) groups is 1. The normalized spacial score (nSPS) is 15.8. The Kier molecular flexibility index (Phi) is 6.62. The Bertz CT molecular complexity index is 789. The molecule has 142 valence electrons. The maximum absolute atomic E-state index is 12.2. The Labute approximate surface area is 163 Å². The Morgan fingerprint density at radius 2 is 2.04 bits per heavy atom. The van der Waals surface area contributed by atoms with Gasteiger partial charge in [-0.25, -0.2) is 0 Å². The predicted molar refractivity (Wildman–Crippen MR) is 108 cm³/mol. The first-order valence-electron chi connectivity index (χ1n) is 8.75. The van der Waals surface area contributed by atoms with Crippen molar-refractivity contribution in [3.05, 3.63) is 54.1 Å². The van der Waals surface area contributed by atoms with Gasteiger partial charge in [-0.05, 0) is 61.5 Å². The fraction of sp³-hybridized carbons (Fsp3) is 0.300. The first-order chi connectivity index (χ1) is 13.1. The van der Waals surface area contributed by atoms with Crippen molar-refractivity contribution in [1.82, 2.24) is 5.32 Å². The Hall–Kier alpha value is -2.64. The first-order valence-corrected chi connectivity index (χ1v) is 9.16. The topological polar surface area (TPSA) is 68.8 Å². The SMILES string of the molecule is COc1ccc(C(=O)NC(=S)Nc2cccc(OCC3CCCO3)c2)cc1. The minimum Gasteiger partial charge on any atom is -0.497 e. The molecule has 1 fully saturated rings. The van der Waals surface area contributed by atoms with Gasteiger partial charge in [-0.1, -0.05) is 6.07 Å². The summed E-state index contributed by atoms with van der Waals surface area (Å²) in [5, 5.41) is 5.87. The summed E-state index contributed by atoms with van der Waals surface area (Å²) < 4.78 is 16.4. The molecular weight excluding hydrogens is 364 g/mol. The Balaban J connectivity index is 1.52. The fourth-order valence-corrected chi connectivity index (χ4v) is 2.92. The molecule has 27 heavy (non-hydrogen) atoms. The van der Waals surface area contributed by atoms with E-state index < -0.39 is 0 Å². The van der Waals surface area contributed by atoms with Crippen LogP contribution in [0.3, 0.4) is 0 Å². The van der Waals surface area contributed by atoms with Crippen molar-refractivity contribution in [2.45, 2.75) is 18.9 Å². The summed E-state index contributed by atoms with van der Waals surface area (Å²) in [6.45, 7) is 1.33. The molecule has 1 unspecified atom stereocenters. The highest BCUT2D eigenvalue weighted by atomic mass is 32.1. The zero-order valence-electron chi connectivity index (χ0n) is 15.1. The maximum atomic E-state index is 12.2. The molecule has 1 saturated heterocycles. The van der Waals surface area contributed by atoms with Gasteiger partial charge in [0.25, 0.3) is 5.91 Å². The fourth-order valence-electron chi connectivity index (χ4n) is 2.71. The van der Waals surface area contributed by atoms with Gasteiger partial charge < -0.3 is 19.5 Å². The van der Waals surface area contributed by atoms with Gasteiger partial charge in [-0.15, -0.1) is 0 Å². The van der Waals surface area contributed by atoms with E-state index in [0.717, 1.165) is 30.9 Å². The number of carbonyl (C=O) groups is 1. The molecular formula is C20H22N2O4S. The average molecular weight is 386 g/mol. The number of carbonyl (C=O) groups excluding carboxylic acids is 1. The minimum absolute atomic E-state index is 0.159. The molecule has 0 spiro atoms. The highest BCUT2D eigenvalue weighted by Gasteiger charge is 2.16. The van der Waals surface area contributed by atoms with Crippen LogP contribution in [0.5, 0.6) is 11.5 Å². The van der Waals surface area contributed by atoms with Crippen LogP contribution in [-0.2, 0) is 4.74 Å². The quantitative estimate of drug-likeness (QED) is 0.742. The molecule has 6 nitrogen and oxygen atoms in total. The second kappa shape index (κ2) is 9.34. The maximum Gasteiger partial charge on any atom is 0.257 e. The van der Waals surface area contributed by atoms with E-state index in [0.29, 0.717) is 17.9 Å². The molecule has 1 atom stereocenters. The van der Waals surface area contributed by atoms with Gasteiger partial charge in [0.15, 0.2) is 5.11 Å². The summed E-state index contributed by atoms with van der Waals surface area (Å²) in [7, 11) is 1.58. The van der Waals surface area contributed by atoms with Crippen LogP contribution in [0.4, 0.5) is 5.69 Å². The van der Waals surface area contributed by atoms with Crippen LogP contribution in [0, 0.1) is 0 Å². The van der Waals surface area contributed by atoms with Crippen LogP contribution in [-0.4, -0.2) is 37.4 Å². The van der Waals surface area contributed by atoms with E-state index in [1.165, 1.54) is 0 Å². The number of anilines is 1. The summed E-state index contributed by atoms with van der Waals surface area (Å²) in [5.74, 6) is 1.12. The lowest BCUT2D eigenvalue weighted by atomic mass is 10.2. The van der Waals surface area contributed by atoms with E-state index in [-0.39, 0.29) is 17.1 Å². The van der Waals surface area contributed by atoms with Crippen LogP contribution >= 0.6 is 12.2 Å². The number of nitrogens with one attached hydrogen (secondary N) is 2. The lowest BCUT2D eigenvalue weighted by Crippen LogP contribution is -2.34. The van der Waals surface area contributed by atoms with Gasteiger partial charge in [-0.2, -0.15) is 0 Å². The Morgan fingerprint density at radius 3 is 2.74 bits per heavy atom. The number of benzene rings is 2. The van der Waals surface area contributed by atoms with Gasteiger partial charge in [0, 0.05) is 23.9 Å². The molecule has 2 aromatic carbocycles. The molecule has 2 aromatic rings. The second-order valence-electron chi connectivity index (χ2n) is 6.11. The molecule has 0 bridgehead atoms. The van der Waals surface area contributed by atoms with Crippen LogP contribution in [0.25, 0.3) is 0 Å². The Morgan fingerprint density at radius 1 is 1.22 bits per heavy atom. The van der Waals surface area contributed by atoms with Gasteiger partial charge in [0.2, 0.25) is 0 Å². The molecule has 0 aliphatic carbocycles. The summed E-state index contributed by atoms with van der Waals surface area (Å²) >= 11 is 5.23. The van der Waals surface area contributed by atoms with Crippen molar-refractivity contribution in [2.24, 2.45) is 0 Å². The summed E-state index contributed by atoms with van der Waals surface area (Å²) in [6.07, 6.45) is 2.27. The molecule has 1 aliphatic rings. The van der Waals surface area contributed by atoms with Crippen LogP contribution in [0.1, 0.15) is 23.2 Å². The number of rotatable bonds is 6. The lowest BCUT2D eigenvalue weighted by molar-refractivity contribution is 0.0680. The summed E-state index contributed by atoms with van der Waals surface area (Å²) in [4.78, 5) is 12.2. The number of hydrogen-bond acceptors (Lipinski definition) is 5. The molecule has 1 heterocycles. The first kappa shape index (κ1) is 19.1. The van der Waals surface area contributed by atoms with E-state index >= 15 is 0 Å². The van der Waals surface area contributed by atoms with Crippen molar-refractivity contribution < 1.29 is 19.0 Å². The van der Waals surface area contributed by atoms with E-state index in [2.05, 4.69) is 10.6 Å². The molecule has 7 heteroatoms. The van der Waals surface area contributed by atoms with E-state index in [1.807, 2.05) is 24.3 Å². The third-order valence-corrected chi connectivity index (χ3v) is 4.34. The third-order valence-electron chi connectivity index (χ3n) is 4.13. The zero-order valence-corrected chi connectivity index (χ0v) is 15.9. The molecule has 1 amide bonds. The number of methoxy groups -OCH3 is 1. The largest absolute Gasteiger partial charge is 0.497 e. The van der Waals surface area contributed by atoms with Crippen molar-refractivity contribution >= 4 is 28.9 Å². The molecule has 0 aromatic heterocycles. The molecule has 1 aliphatic heterocycles. The standard InChI is InChI=1S/C20H22N2O4S/c1-24-16-9-7-14(8-10-16)19(23)22-20(27)21-15-4-2-5-17(12-15)26-13-18-6-3-11-25-18/h2,4-5,7-10,12,18H,3,6,11,13H2,1H3,(H2,21,22,23,27). The number of amides is 1. The van der Waals surface area contributed by atoms with Gasteiger partial charge in [0.05, 0.1) is 13.2 Å². The average Bonchev–Trinajstić information content (AvgIpc) is 3.20. The van der Waals surface area contributed by atoms with Crippen LogP contribution < -0.4 is 20.1 Å². The zero-order chi connectivity index (χ0) is 19.1. The molecule has 3 rings (SSSR count). The minimum atomic E-state index is -0.291. The second-order valence-corrected chi connectivity index (χ2v) is 6.52. The molecule has 2 N–H and O–H groups in total. The van der Waals surface area contributed by atoms with E-state index in [1.54, 1.807) is 31.4 Å². The van der Waals surface area contributed by atoms with E-state index in [9.17, 15) is 4.79 Å². The van der Waals surface area contributed by atoms with Crippen molar-refractivity contribution in [3.8, 4) is 11.5 Å². The number of ether oxygens (including phenoxy) is 3.